The largest absolute Gasteiger partial charge is 0.492 e. The molecule has 0 saturated heterocycles. The highest BCUT2D eigenvalue weighted by atomic mass is 19.1. The Morgan fingerprint density at radius 2 is 2.00 bits per heavy atom. The highest BCUT2D eigenvalue weighted by molar-refractivity contribution is 6.04. The van der Waals surface area contributed by atoms with Crippen molar-refractivity contribution < 1.29 is 18.7 Å². The monoisotopic (exact) mass is 384 g/mol. The van der Waals surface area contributed by atoms with Crippen LogP contribution in [0.4, 0.5) is 10.1 Å². The summed E-state index contributed by atoms with van der Waals surface area (Å²) in [5.41, 5.74) is 1.37. The van der Waals surface area contributed by atoms with E-state index in [0.717, 1.165) is 12.0 Å². The van der Waals surface area contributed by atoms with Gasteiger partial charge in [-0.1, -0.05) is 26.0 Å². The van der Waals surface area contributed by atoms with Gasteiger partial charge in [0.1, 0.15) is 18.2 Å². The molecule has 1 atom stereocenters. The lowest BCUT2D eigenvalue weighted by Gasteiger charge is -2.25. The minimum absolute atomic E-state index is 0.0149. The van der Waals surface area contributed by atoms with Crippen molar-refractivity contribution in [3.05, 3.63) is 59.4 Å². The summed E-state index contributed by atoms with van der Waals surface area (Å²) >= 11 is 0. The summed E-state index contributed by atoms with van der Waals surface area (Å²) in [5, 5.41) is 5.66. The fourth-order valence-corrected chi connectivity index (χ4v) is 3.11. The Balaban J connectivity index is 1.65. The van der Waals surface area contributed by atoms with E-state index in [2.05, 4.69) is 24.5 Å². The lowest BCUT2D eigenvalue weighted by Crippen LogP contribution is -2.38. The number of carbonyl (C=O) groups excluding carboxylic acids is 2. The minimum atomic E-state index is -0.570. The van der Waals surface area contributed by atoms with E-state index >= 15 is 0 Å². The summed E-state index contributed by atoms with van der Waals surface area (Å²) < 4.78 is 19.5. The van der Waals surface area contributed by atoms with Crippen molar-refractivity contribution in [1.29, 1.82) is 0 Å². The first kappa shape index (κ1) is 19.9. The van der Waals surface area contributed by atoms with Crippen LogP contribution in [-0.4, -0.2) is 25.0 Å². The van der Waals surface area contributed by atoms with Gasteiger partial charge in [0.15, 0.2) is 0 Å². The molecule has 3 rings (SSSR count). The number of anilines is 1. The molecule has 1 heterocycles. The highest BCUT2D eigenvalue weighted by Gasteiger charge is 2.26. The van der Waals surface area contributed by atoms with E-state index in [-0.39, 0.29) is 17.4 Å². The number of benzene rings is 2. The predicted molar refractivity (Wildman–Crippen MR) is 106 cm³/mol. The van der Waals surface area contributed by atoms with Gasteiger partial charge < -0.3 is 15.4 Å². The van der Waals surface area contributed by atoms with Crippen molar-refractivity contribution >= 4 is 17.5 Å². The first-order valence-electron chi connectivity index (χ1n) is 9.53. The van der Waals surface area contributed by atoms with Gasteiger partial charge in [0, 0.05) is 12.2 Å². The number of halogens is 1. The summed E-state index contributed by atoms with van der Waals surface area (Å²) in [7, 11) is 0. The molecule has 5 nitrogen and oxygen atoms in total. The van der Waals surface area contributed by atoms with Crippen LogP contribution < -0.4 is 15.4 Å². The van der Waals surface area contributed by atoms with Crippen molar-refractivity contribution in [1.82, 2.24) is 5.32 Å². The second-order valence-electron chi connectivity index (χ2n) is 7.44. The molecule has 0 aromatic heterocycles. The predicted octanol–water partition coefficient (Wildman–Crippen LogP) is 3.79. The molecule has 0 fully saturated rings. The van der Waals surface area contributed by atoms with E-state index in [0.29, 0.717) is 36.9 Å². The first-order chi connectivity index (χ1) is 13.4. The summed E-state index contributed by atoms with van der Waals surface area (Å²) in [6, 6.07) is 11.1. The summed E-state index contributed by atoms with van der Waals surface area (Å²) in [4.78, 5) is 24.7. The quantitative estimate of drug-likeness (QED) is 0.796. The van der Waals surface area contributed by atoms with Crippen LogP contribution in [0.3, 0.4) is 0 Å². The van der Waals surface area contributed by atoms with Gasteiger partial charge in [0.05, 0.1) is 11.5 Å². The number of fused-ring (bicyclic) bond motifs is 1. The second-order valence-corrected chi connectivity index (χ2v) is 7.44. The van der Waals surface area contributed by atoms with Crippen LogP contribution in [0.25, 0.3) is 0 Å². The smallest absolute Gasteiger partial charge is 0.258 e. The maximum Gasteiger partial charge on any atom is 0.258 e. The standard InChI is InChI=1S/C22H25FN2O3/c1-14(2)9-10-24-21(26)16-11-15-12-17(7-8-20(15)28-13-16)25-22(27)18-5-3-4-6-19(18)23/h3-8,12,14,16H,9-11,13H2,1-2H3,(H,24,26)(H,25,27)/t16-/m1/s1. The fourth-order valence-electron chi connectivity index (χ4n) is 3.11. The summed E-state index contributed by atoms with van der Waals surface area (Å²) in [6.45, 7) is 5.21. The van der Waals surface area contributed by atoms with Crippen LogP contribution in [0, 0.1) is 17.7 Å². The normalized spacial score (nSPS) is 15.5. The lowest BCUT2D eigenvalue weighted by molar-refractivity contribution is -0.126. The van der Waals surface area contributed by atoms with Crippen LogP contribution in [0.5, 0.6) is 5.75 Å². The van der Waals surface area contributed by atoms with Crippen molar-refractivity contribution in [2.24, 2.45) is 11.8 Å². The third kappa shape index (κ3) is 4.88. The van der Waals surface area contributed by atoms with E-state index in [1.807, 2.05) is 0 Å². The van der Waals surface area contributed by atoms with Crippen LogP contribution in [0.15, 0.2) is 42.5 Å². The number of nitrogens with one attached hydrogen (secondary N) is 2. The van der Waals surface area contributed by atoms with Crippen molar-refractivity contribution in [3.63, 3.8) is 0 Å². The maximum absolute atomic E-state index is 13.8. The number of rotatable bonds is 6. The van der Waals surface area contributed by atoms with Crippen molar-refractivity contribution in [3.8, 4) is 5.75 Å². The molecule has 0 radical (unpaired) electrons. The molecule has 0 saturated carbocycles. The van der Waals surface area contributed by atoms with Crippen LogP contribution in [0.2, 0.25) is 0 Å². The van der Waals surface area contributed by atoms with Gasteiger partial charge in [-0.25, -0.2) is 4.39 Å². The van der Waals surface area contributed by atoms with Crippen LogP contribution in [0.1, 0.15) is 36.2 Å². The second kappa shape index (κ2) is 8.87. The molecule has 28 heavy (non-hydrogen) atoms. The average Bonchev–Trinajstić information content (AvgIpc) is 2.67. The van der Waals surface area contributed by atoms with Gasteiger partial charge >= 0.3 is 0 Å². The zero-order valence-electron chi connectivity index (χ0n) is 16.1. The Morgan fingerprint density at radius 3 is 2.75 bits per heavy atom. The topological polar surface area (TPSA) is 67.4 Å². The molecule has 0 spiro atoms. The van der Waals surface area contributed by atoms with Gasteiger partial charge in [-0.3, -0.25) is 9.59 Å². The number of amides is 2. The molecule has 0 aliphatic carbocycles. The SMILES string of the molecule is CC(C)CCNC(=O)[C@H]1COc2ccc(NC(=O)c3ccccc3F)cc2C1. The number of ether oxygens (including phenoxy) is 1. The van der Waals surface area contributed by atoms with Gasteiger partial charge in [0.25, 0.3) is 5.91 Å². The Kier molecular flexibility index (Phi) is 6.29. The van der Waals surface area contributed by atoms with Gasteiger partial charge in [0.2, 0.25) is 5.91 Å². The molecular weight excluding hydrogens is 359 g/mol. The molecule has 0 bridgehead atoms. The van der Waals surface area contributed by atoms with Crippen molar-refractivity contribution in [2.45, 2.75) is 26.7 Å². The highest BCUT2D eigenvalue weighted by Crippen LogP contribution is 2.30. The molecule has 1 aliphatic rings. The summed E-state index contributed by atoms with van der Waals surface area (Å²) in [5.74, 6) is -0.138. The minimum Gasteiger partial charge on any atom is -0.492 e. The molecule has 2 N–H and O–H groups in total. The molecule has 2 aromatic rings. The van der Waals surface area contributed by atoms with Crippen LogP contribution in [-0.2, 0) is 11.2 Å². The Hall–Kier alpha value is -2.89. The van der Waals surface area contributed by atoms with Gasteiger partial charge in [-0.15, -0.1) is 0 Å². The van der Waals surface area contributed by atoms with Gasteiger partial charge in [-0.2, -0.15) is 0 Å². The first-order valence-corrected chi connectivity index (χ1v) is 9.53. The fraction of sp³-hybridized carbons (Fsp3) is 0.364. The molecule has 2 amide bonds. The lowest BCUT2D eigenvalue weighted by atomic mass is 9.95. The van der Waals surface area contributed by atoms with Gasteiger partial charge in [-0.05, 0) is 54.7 Å². The molecule has 6 heteroatoms. The Bertz CT molecular complexity index is 867. The van der Waals surface area contributed by atoms with Crippen molar-refractivity contribution in [2.75, 3.05) is 18.5 Å². The maximum atomic E-state index is 13.8. The zero-order valence-corrected chi connectivity index (χ0v) is 16.1. The third-order valence-corrected chi connectivity index (χ3v) is 4.73. The molecule has 148 valence electrons. The molecule has 0 unspecified atom stereocenters. The number of carbonyl (C=O) groups is 2. The Morgan fingerprint density at radius 1 is 1.21 bits per heavy atom. The van der Waals surface area contributed by atoms with E-state index in [1.165, 1.54) is 18.2 Å². The number of hydrogen-bond donors (Lipinski definition) is 2. The zero-order chi connectivity index (χ0) is 20.1. The Labute approximate surface area is 164 Å². The van der Waals surface area contributed by atoms with Crippen LogP contribution >= 0.6 is 0 Å². The summed E-state index contributed by atoms with van der Waals surface area (Å²) in [6.07, 6.45) is 1.47. The van der Waals surface area contributed by atoms with E-state index < -0.39 is 11.7 Å². The molecular formula is C22H25FN2O3. The molecule has 1 aliphatic heterocycles. The van der Waals surface area contributed by atoms with E-state index in [9.17, 15) is 14.0 Å². The number of hydrogen-bond acceptors (Lipinski definition) is 3. The van der Waals surface area contributed by atoms with E-state index in [1.54, 1.807) is 24.3 Å². The average molecular weight is 384 g/mol. The van der Waals surface area contributed by atoms with E-state index in [4.69, 9.17) is 4.74 Å². The molecule has 2 aromatic carbocycles. The third-order valence-electron chi connectivity index (χ3n) is 4.73.